The Kier molecular flexibility index (Phi) is 5.95. The molecule has 0 unspecified atom stereocenters. The van der Waals surface area contributed by atoms with Crippen molar-refractivity contribution >= 4 is 23.0 Å². The Bertz CT molecular complexity index is 438. The van der Waals surface area contributed by atoms with E-state index in [0.29, 0.717) is 5.75 Å². The van der Waals surface area contributed by atoms with Gasteiger partial charge in [-0.1, -0.05) is 36.0 Å². The number of alkyl halides is 3. The lowest BCUT2D eigenvalue weighted by atomic mass is 10.2. The molecule has 19 heavy (non-hydrogen) atoms. The molecule has 0 radical (unpaired) electrons. The molecular formula is C13H13F3O2S. The van der Waals surface area contributed by atoms with Crippen molar-refractivity contribution in [1.82, 2.24) is 0 Å². The molecule has 0 bridgehead atoms. The van der Waals surface area contributed by atoms with E-state index in [2.05, 4.69) is 4.74 Å². The molecule has 0 amide bonds. The zero-order valence-electron chi connectivity index (χ0n) is 10.2. The molecule has 2 nitrogen and oxygen atoms in total. The van der Waals surface area contributed by atoms with E-state index in [1.807, 2.05) is 6.08 Å². The average molecular weight is 290 g/mol. The lowest BCUT2D eigenvalue weighted by molar-refractivity contribution is -0.274. The quantitative estimate of drug-likeness (QED) is 0.758. The molecule has 0 aliphatic rings. The normalized spacial score (nSPS) is 11.8. The minimum absolute atomic E-state index is 0.0713. The second-order valence-corrected chi connectivity index (χ2v) is 4.92. The molecule has 0 spiro atoms. The van der Waals surface area contributed by atoms with Crippen LogP contribution in [0.1, 0.15) is 18.9 Å². The highest BCUT2D eigenvalue weighted by Crippen LogP contribution is 2.23. The Labute approximate surface area is 113 Å². The number of halogens is 3. The van der Waals surface area contributed by atoms with Gasteiger partial charge in [-0.15, -0.1) is 13.2 Å². The molecule has 0 atom stereocenters. The molecule has 0 saturated heterocycles. The van der Waals surface area contributed by atoms with Crippen LogP contribution in [-0.2, 0) is 4.79 Å². The first-order valence-electron chi connectivity index (χ1n) is 5.52. The highest BCUT2D eigenvalue weighted by Gasteiger charge is 2.30. The maximum absolute atomic E-state index is 11.9. The summed E-state index contributed by atoms with van der Waals surface area (Å²) in [5, 5.41) is 0.0713. The van der Waals surface area contributed by atoms with E-state index >= 15 is 0 Å². The molecule has 0 saturated carbocycles. The number of carbonyl (C=O) groups is 1. The predicted molar refractivity (Wildman–Crippen MR) is 69.9 cm³/mol. The summed E-state index contributed by atoms with van der Waals surface area (Å²) in [4.78, 5) is 10.7. The minimum atomic E-state index is -4.67. The smallest absolute Gasteiger partial charge is 0.406 e. The molecule has 0 N–H and O–H groups in total. The van der Waals surface area contributed by atoms with Crippen molar-refractivity contribution in [3.8, 4) is 5.75 Å². The minimum Gasteiger partial charge on any atom is -0.406 e. The standard InChI is InChI=1S/C13H13F3O2S/c1-10(17)19-9-3-2-4-11-5-7-12(8-6-11)18-13(14,15)16/h2,4-8H,3,9H2,1H3. The van der Waals surface area contributed by atoms with Gasteiger partial charge in [-0.2, -0.15) is 0 Å². The number of ether oxygens (including phenoxy) is 1. The lowest BCUT2D eigenvalue weighted by Gasteiger charge is -2.08. The molecule has 1 aromatic carbocycles. The van der Waals surface area contributed by atoms with Gasteiger partial charge in [0.1, 0.15) is 5.75 Å². The van der Waals surface area contributed by atoms with Crippen LogP contribution in [0.25, 0.3) is 6.08 Å². The van der Waals surface area contributed by atoms with Crippen molar-refractivity contribution in [2.75, 3.05) is 5.75 Å². The molecule has 0 aliphatic heterocycles. The van der Waals surface area contributed by atoms with Gasteiger partial charge in [0.15, 0.2) is 5.12 Å². The molecule has 0 heterocycles. The first-order chi connectivity index (χ1) is 8.87. The second kappa shape index (κ2) is 7.23. The lowest BCUT2D eigenvalue weighted by Crippen LogP contribution is -2.16. The fourth-order valence-corrected chi connectivity index (χ4v) is 1.81. The number of carbonyl (C=O) groups excluding carboxylic acids is 1. The van der Waals surface area contributed by atoms with Gasteiger partial charge in [0.05, 0.1) is 0 Å². The van der Waals surface area contributed by atoms with Gasteiger partial charge in [0.25, 0.3) is 0 Å². The summed E-state index contributed by atoms with van der Waals surface area (Å²) in [5.74, 6) is 0.456. The number of allylic oxidation sites excluding steroid dienone is 1. The van der Waals surface area contributed by atoms with E-state index in [1.54, 1.807) is 6.08 Å². The SMILES string of the molecule is CC(=O)SCCC=Cc1ccc(OC(F)(F)F)cc1. The molecular weight excluding hydrogens is 277 g/mol. The van der Waals surface area contributed by atoms with Gasteiger partial charge in [-0.25, -0.2) is 0 Å². The van der Waals surface area contributed by atoms with Gasteiger partial charge in [-0.3, -0.25) is 4.79 Å². The fourth-order valence-electron chi connectivity index (χ4n) is 1.27. The summed E-state index contributed by atoms with van der Waals surface area (Å²) >= 11 is 1.24. The first-order valence-corrected chi connectivity index (χ1v) is 6.51. The number of hydrogen-bond acceptors (Lipinski definition) is 3. The summed E-state index contributed by atoms with van der Waals surface area (Å²) in [5.41, 5.74) is 0.780. The largest absolute Gasteiger partial charge is 0.573 e. The van der Waals surface area contributed by atoms with Crippen molar-refractivity contribution < 1.29 is 22.7 Å². The maximum atomic E-state index is 11.9. The van der Waals surface area contributed by atoms with Crippen LogP contribution >= 0.6 is 11.8 Å². The van der Waals surface area contributed by atoms with E-state index < -0.39 is 6.36 Å². The van der Waals surface area contributed by atoms with Crippen molar-refractivity contribution in [3.63, 3.8) is 0 Å². The van der Waals surface area contributed by atoms with Gasteiger partial charge in [-0.05, 0) is 24.1 Å². The van der Waals surface area contributed by atoms with Crippen molar-refractivity contribution in [1.29, 1.82) is 0 Å². The van der Waals surface area contributed by atoms with E-state index in [-0.39, 0.29) is 10.9 Å². The molecule has 6 heteroatoms. The number of benzene rings is 1. The van der Waals surface area contributed by atoms with Gasteiger partial charge in [0, 0.05) is 12.7 Å². The van der Waals surface area contributed by atoms with E-state index in [9.17, 15) is 18.0 Å². The summed E-state index contributed by atoms with van der Waals surface area (Å²) in [6.07, 6.45) is -0.278. The van der Waals surface area contributed by atoms with Crippen LogP contribution in [0.2, 0.25) is 0 Å². The Morgan fingerprint density at radius 2 is 1.95 bits per heavy atom. The number of thioether (sulfide) groups is 1. The zero-order chi connectivity index (χ0) is 14.3. The van der Waals surface area contributed by atoms with Crippen molar-refractivity contribution in [3.05, 3.63) is 35.9 Å². The van der Waals surface area contributed by atoms with E-state index in [4.69, 9.17) is 0 Å². The Morgan fingerprint density at radius 3 is 2.47 bits per heavy atom. The highest BCUT2D eigenvalue weighted by molar-refractivity contribution is 8.13. The molecule has 0 aromatic heterocycles. The third-order valence-corrected chi connectivity index (χ3v) is 2.86. The summed E-state index contributed by atoms with van der Waals surface area (Å²) < 4.78 is 39.5. The molecule has 1 rings (SSSR count). The van der Waals surface area contributed by atoms with Gasteiger partial charge >= 0.3 is 6.36 Å². The average Bonchev–Trinajstić information content (AvgIpc) is 2.28. The van der Waals surface area contributed by atoms with Crippen LogP contribution in [0.5, 0.6) is 5.75 Å². The zero-order valence-corrected chi connectivity index (χ0v) is 11.1. The molecule has 0 fully saturated rings. The predicted octanol–water partition coefficient (Wildman–Crippen LogP) is 4.27. The first kappa shape index (κ1) is 15.6. The molecule has 0 aliphatic carbocycles. The Morgan fingerprint density at radius 1 is 1.32 bits per heavy atom. The Balaban J connectivity index is 2.43. The van der Waals surface area contributed by atoms with Crippen LogP contribution in [0, 0.1) is 0 Å². The third kappa shape index (κ3) is 7.56. The van der Waals surface area contributed by atoms with E-state index in [0.717, 1.165) is 12.0 Å². The van der Waals surface area contributed by atoms with Crippen LogP contribution in [0.15, 0.2) is 30.3 Å². The Hall–Kier alpha value is -1.43. The topological polar surface area (TPSA) is 26.3 Å². The maximum Gasteiger partial charge on any atom is 0.573 e. The fraction of sp³-hybridized carbons (Fsp3) is 0.308. The molecule has 104 valence electrons. The summed E-state index contributed by atoms with van der Waals surface area (Å²) in [6.45, 7) is 1.51. The summed E-state index contributed by atoms with van der Waals surface area (Å²) in [7, 11) is 0. The highest BCUT2D eigenvalue weighted by atomic mass is 32.2. The number of hydrogen-bond donors (Lipinski definition) is 0. The second-order valence-electron chi connectivity index (χ2n) is 3.65. The number of rotatable bonds is 5. The van der Waals surface area contributed by atoms with Gasteiger partial charge < -0.3 is 4.74 Å². The van der Waals surface area contributed by atoms with Crippen molar-refractivity contribution in [2.45, 2.75) is 19.7 Å². The van der Waals surface area contributed by atoms with Crippen LogP contribution in [0.3, 0.4) is 0 Å². The monoisotopic (exact) mass is 290 g/mol. The van der Waals surface area contributed by atoms with Crippen LogP contribution in [-0.4, -0.2) is 17.2 Å². The van der Waals surface area contributed by atoms with Crippen LogP contribution < -0.4 is 4.74 Å². The van der Waals surface area contributed by atoms with Crippen LogP contribution in [0.4, 0.5) is 13.2 Å². The van der Waals surface area contributed by atoms with E-state index in [1.165, 1.54) is 43.0 Å². The van der Waals surface area contributed by atoms with Crippen molar-refractivity contribution in [2.24, 2.45) is 0 Å². The third-order valence-electron chi connectivity index (χ3n) is 2.01. The van der Waals surface area contributed by atoms with Gasteiger partial charge in [0.2, 0.25) is 0 Å². The summed E-state index contributed by atoms with van der Waals surface area (Å²) in [6, 6.07) is 5.60. The molecule has 1 aromatic rings.